The summed E-state index contributed by atoms with van der Waals surface area (Å²) in [6, 6.07) is 15.1. The SMILES string of the molecule is Cc1ccc2nc(N(Cc3ccccc3)C(=O)C3CCCCN3S(C)(=O)=O)sc2c1. The van der Waals surface area contributed by atoms with E-state index in [9.17, 15) is 13.2 Å². The van der Waals surface area contributed by atoms with Gasteiger partial charge >= 0.3 is 0 Å². The van der Waals surface area contributed by atoms with Crippen LogP contribution in [0.25, 0.3) is 10.2 Å². The molecule has 0 N–H and O–H groups in total. The topological polar surface area (TPSA) is 70.6 Å². The Morgan fingerprint density at radius 2 is 1.97 bits per heavy atom. The van der Waals surface area contributed by atoms with Crippen LogP contribution >= 0.6 is 11.3 Å². The second-order valence-corrected chi connectivity index (χ2v) is 10.7. The molecule has 30 heavy (non-hydrogen) atoms. The number of aromatic nitrogens is 1. The Kier molecular flexibility index (Phi) is 5.90. The Morgan fingerprint density at radius 1 is 1.20 bits per heavy atom. The molecule has 0 radical (unpaired) electrons. The molecular weight excluding hydrogens is 418 g/mol. The highest BCUT2D eigenvalue weighted by Gasteiger charge is 2.38. The second-order valence-electron chi connectivity index (χ2n) is 7.76. The highest BCUT2D eigenvalue weighted by atomic mass is 32.2. The number of anilines is 1. The van der Waals surface area contributed by atoms with Crippen LogP contribution < -0.4 is 4.90 Å². The summed E-state index contributed by atoms with van der Waals surface area (Å²) < 4.78 is 27.0. The highest BCUT2D eigenvalue weighted by Crippen LogP contribution is 2.32. The number of hydrogen-bond donors (Lipinski definition) is 0. The summed E-state index contributed by atoms with van der Waals surface area (Å²) in [6.07, 6.45) is 3.32. The van der Waals surface area contributed by atoms with Gasteiger partial charge in [0.05, 0.1) is 23.0 Å². The van der Waals surface area contributed by atoms with Crippen molar-refractivity contribution >= 4 is 42.6 Å². The van der Waals surface area contributed by atoms with E-state index >= 15 is 0 Å². The van der Waals surface area contributed by atoms with Gasteiger partial charge in [0.15, 0.2) is 5.13 Å². The van der Waals surface area contributed by atoms with Gasteiger partial charge < -0.3 is 0 Å². The minimum Gasteiger partial charge on any atom is -0.282 e. The van der Waals surface area contributed by atoms with Crippen LogP contribution in [0.2, 0.25) is 0 Å². The van der Waals surface area contributed by atoms with E-state index < -0.39 is 16.1 Å². The fourth-order valence-corrected chi connectivity index (χ4v) is 6.06. The van der Waals surface area contributed by atoms with Gasteiger partial charge in [-0.25, -0.2) is 13.4 Å². The van der Waals surface area contributed by atoms with Gasteiger partial charge in [-0.1, -0.05) is 54.2 Å². The molecule has 3 aromatic rings. The Labute approximate surface area is 181 Å². The van der Waals surface area contributed by atoms with Gasteiger partial charge in [0.2, 0.25) is 15.9 Å². The predicted octanol–water partition coefficient (Wildman–Crippen LogP) is 3.95. The van der Waals surface area contributed by atoms with Crippen LogP contribution in [0.15, 0.2) is 48.5 Å². The molecule has 2 aromatic carbocycles. The summed E-state index contributed by atoms with van der Waals surface area (Å²) in [5.74, 6) is -0.209. The predicted molar refractivity (Wildman–Crippen MR) is 121 cm³/mol. The molecule has 1 atom stereocenters. The van der Waals surface area contributed by atoms with E-state index in [1.54, 1.807) is 4.90 Å². The molecule has 1 aliphatic rings. The standard InChI is InChI=1S/C22H25N3O3S2/c1-16-11-12-18-20(14-16)29-22(23-18)24(15-17-8-4-3-5-9-17)21(26)19-10-6-7-13-25(19)30(2,27)28/h3-5,8-9,11-12,14,19H,6-7,10,13,15H2,1-2H3. The van der Waals surface area contributed by atoms with Gasteiger partial charge in [0.1, 0.15) is 6.04 Å². The highest BCUT2D eigenvalue weighted by molar-refractivity contribution is 7.88. The number of fused-ring (bicyclic) bond motifs is 1. The first-order valence-corrected chi connectivity index (χ1v) is 12.7. The number of rotatable bonds is 5. The zero-order valence-electron chi connectivity index (χ0n) is 17.1. The Morgan fingerprint density at radius 3 is 2.70 bits per heavy atom. The molecule has 1 aliphatic heterocycles. The van der Waals surface area contributed by atoms with E-state index in [4.69, 9.17) is 4.98 Å². The van der Waals surface area contributed by atoms with E-state index in [2.05, 4.69) is 6.07 Å². The van der Waals surface area contributed by atoms with Crippen molar-refractivity contribution in [1.82, 2.24) is 9.29 Å². The number of aryl methyl sites for hydroxylation is 1. The summed E-state index contributed by atoms with van der Waals surface area (Å²) in [5, 5.41) is 0.600. The molecule has 0 spiro atoms. The molecule has 1 aromatic heterocycles. The molecule has 4 rings (SSSR count). The van der Waals surface area contributed by atoms with Crippen LogP contribution in [0.3, 0.4) is 0 Å². The Bertz CT molecular complexity index is 1160. The lowest BCUT2D eigenvalue weighted by molar-refractivity contribution is -0.123. The van der Waals surface area contributed by atoms with E-state index in [-0.39, 0.29) is 5.91 Å². The van der Waals surface area contributed by atoms with Crippen molar-refractivity contribution in [2.24, 2.45) is 0 Å². The third kappa shape index (κ3) is 4.40. The van der Waals surface area contributed by atoms with Crippen LogP contribution in [-0.4, -0.2) is 42.5 Å². The number of thiazole rings is 1. The molecule has 1 amide bonds. The van der Waals surface area contributed by atoms with Crippen LogP contribution in [0.1, 0.15) is 30.4 Å². The molecule has 8 heteroatoms. The number of carbonyl (C=O) groups excluding carboxylic acids is 1. The fraction of sp³-hybridized carbons (Fsp3) is 0.364. The third-order valence-electron chi connectivity index (χ3n) is 5.38. The number of sulfonamides is 1. The first kappa shape index (κ1) is 21.0. The van der Waals surface area contributed by atoms with E-state index in [0.717, 1.165) is 34.2 Å². The average Bonchev–Trinajstić information content (AvgIpc) is 3.14. The zero-order valence-corrected chi connectivity index (χ0v) is 18.7. The maximum absolute atomic E-state index is 13.7. The molecule has 1 unspecified atom stereocenters. The lowest BCUT2D eigenvalue weighted by Gasteiger charge is -2.35. The van der Waals surface area contributed by atoms with Gasteiger partial charge in [-0.2, -0.15) is 4.31 Å². The van der Waals surface area contributed by atoms with Gasteiger partial charge in [0.25, 0.3) is 0 Å². The van der Waals surface area contributed by atoms with E-state index in [1.807, 2.05) is 49.4 Å². The minimum absolute atomic E-state index is 0.209. The summed E-state index contributed by atoms with van der Waals surface area (Å²) in [7, 11) is -3.47. The first-order valence-electron chi connectivity index (χ1n) is 10.0. The number of hydrogen-bond acceptors (Lipinski definition) is 5. The van der Waals surface area contributed by atoms with Gasteiger partial charge in [0, 0.05) is 6.54 Å². The van der Waals surface area contributed by atoms with Gasteiger partial charge in [-0.05, 0) is 43.0 Å². The largest absolute Gasteiger partial charge is 0.282 e. The minimum atomic E-state index is -3.47. The zero-order chi connectivity index (χ0) is 21.3. The lowest BCUT2D eigenvalue weighted by atomic mass is 10.0. The molecule has 0 aliphatic carbocycles. The molecule has 2 heterocycles. The first-order chi connectivity index (χ1) is 14.3. The summed E-state index contributed by atoms with van der Waals surface area (Å²) in [6.45, 7) is 2.76. The number of benzene rings is 2. The molecule has 0 bridgehead atoms. The number of piperidine rings is 1. The van der Waals surface area contributed by atoms with Crippen molar-refractivity contribution in [2.45, 2.75) is 38.8 Å². The molecule has 158 valence electrons. The van der Waals surface area contributed by atoms with E-state index in [1.165, 1.54) is 21.9 Å². The molecule has 6 nitrogen and oxygen atoms in total. The molecule has 1 saturated heterocycles. The third-order valence-corrected chi connectivity index (χ3v) is 7.71. The summed E-state index contributed by atoms with van der Waals surface area (Å²) >= 11 is 1.47. The molecule has 1 fully saturated rings. The van der Waals surface area contributed by atoms with Crippen molar-refractivity contribution in [3.05, 3.63) is 59.7 Å². The molecular formula is C22H25N3O3S2. The van der Waals surface area contributed by atoms with Gasteiger partial charge in [-0.15, -0.1) is 0 Å². The quantitative estimate of drug-likeness (QED) is 0.599. The Hall–Kier alpha value is -2.29. The van der Waals surface area contributed by atoms with Crippen molar-refractivity contribution in [3.8, 4) is 0 Å². The number of nitrogens with zero attached hydrogens (tertiary/aromatic N) is 3. The summed E-state index contributed by atoms with van der Waals surface area (Å²) in [4.78, 5) is 20.1. The monoisotopic (exact) mass is 443 g/mol. The van der Waals surface area contributed by atoms with Crippen LogP contribution in [0.4, 0.5) is 5.13 Å². The van der Waals surface area contributed by atoms with Crippen molar-refractivity contribution < 1.29 is 13.2 Å². The number of carbonyl (C=O) groups is 1. The molecule has 0 saturated carbocycles. The normalized spacial score (nSPS) is 17.9. The average molecular weight is 444 g/mol. The maximum Gasteiger partial charge on any atom is 0.247 e. The lowest BCUT2D eigenvalue weighted by Crippen LogP contribution is -2.52. The van der Waals surface area contributed by atoms with Crippen molar-refractivity contribution in [2.75, 3.05) is 17.7 Å². The fourth-order valence-electron chi connectivity index (χ4n) is 3.87. The van der Waals surface area contributed by atoms with E-state index in [0.29, 0.717) is 24.6 Å². The van der Waals surface area contributed by atoms with Crippen molar-refractivity contribution in [1.29, 1.82) is 0 Å². The number of amides is 1. The van der Waals surface area contributed by atoms with Crippen molar-refractivity contribution in [3.63, 3.8) is 0 Å². The van der Waals surface area contributed by atoms with Gasteiger partial charge in [-0.3, -0.25) is 9.69 Å². The Balaban J connectivity index is 1.74. The van der Waals surface area contributed by atoms with Crippen LogP contribution in [-0.2, 0) is 21.4 Å². The van der Waals surface area contributed by atoms with Crippen LogP contribution in [0, 0.1) is 6.92 Å². The summed E-state index contributed by atoms with van der Waals surface area (Å²) in [5.41, 5.74) is 2.95. The second kappa shape index (κ2) is 8.45. The smallest absolute Gasteiger partial charge is 0.247 e. The maximum atomic E-state index is 13.7. The van der Waals surface area contributed by atoms with Crippen LogP contribution in [0.5, 0.6) is 0 Å².